The molecule has 1 aliphatic heterocycles. The number of fused-ring (bicyclic) bond motifs is 2. The Hall–Kier alpha value is -2.90. The van der Waals surface area contributed by atoms with Gasteiger partial charge in [0.05, 0.1) is 31.0 Å². The van der Waals surface area contributed by atoms with Crippen LogP contribution in [0.15, 0.2) is 0 Å². The highest BCUT2D eigenvalue weighted by molar-refractivity contribution is 5.84. The van der Waals surface area contributed by atoms with Gasteiger partial charge in [-0.25, -0.2) is 4.68 Å². The number of nitrogens with one attached hydrogen (secondary N) is 1. The summed E-state index contributed by atoms with van der Waals surface area (Å²) in [7, 11) is 0. The zero-order valence-electron chi connectivity index (χ0n) is 26.0. The summed E-state index contributed by atoms with van der Waals surface area (Å²) >= 11 is 0. The van der Waals surface area contributed by atoms with Crippen molar-refractivity contribution in [2.75, 3.05) is 65.4 Å². The summed E-state index contributed by atoms with van der Waals surface area (Å²) in [4.78, 5) is 53.4. The molecule has 0 bridgehead atoms. The average molecular weight is 604 g/mol. The number of carboxylic acids is 2. The fourth-order valence-electron chi connectivity index (χ4n) is 6.58. The number of carbonyl (C=O) groups excluding carboxylic acids is 2. The lowest BCUT2D eigenvalue weighted by Gasteiger charge is -2.24. The van der Waals surface area contributed by atoms with Gasteiger partial charge in [0.1, 0.15) is 5.78 Å². The lowest BCUT2D eigenvalue weighted by atomic mass is 9.87. The summed E-state index contributed by atoms with van der Waals surface area (Å²) in [5.41, 5.74) is 1.97. The highest BCUT2D eigenvalue weighted by Gasteiger charge is 2.51. The third kappa shape index (κ3) is 9.80. The van der Waals surface area contributed by atoms with Crippen LogP contribution in [0.2, 0.25) is 0 Å². The Morgan fingerprint density at radius 2 is 1.37 bits per heavy atom. The molecule has 1 aromatic heterocycles. The van der Waals surface area contributed by atoms with Gasteiger partial charge >= 0.3 is 11.9 Å². The van der Waals surface area contributed by atoms with Crippen LogP contribution >= 0.6 is 0 Å². The molecule has 1 aromatic rings. The first-order chi connectivity index (χ1) is 20.4. The van der Waals surface area contributed by atoms with Crippen LogP contribution in [0, 0.1) is 23.2 Å². The smallest absolute Gasteiger partial charge is 0.317 e. The summed E-state index contributed by atoms with van der Waals surface area (Å²) < 4.78 is 1.98. The molecule has 3 N–H and O–H groups in total. The maximum absolute atomic E-state index is 12.8. The molecule has 4 rings (SSSR count). The second-order valence-electron chi connectivity index (χ2n) is 13.5. The standard InChI is InChI=1S/C30H49N7O6/c1-30(2,3)26(38)17-23-21-5-7-24-25(8-6-22(21)23)37(33-32-24)10-4-9-31-27(39)18-34-11-13-35(19-28(40)41)15-16-36(14-12-34)20-29(42)43/h21-23H,4-20H2,1-3H3,(H,31,39)(H,40,41)(H,42,43)/t21?,22?,23-/m0/s1. The predicted octanol–water partition coefficient (Wildman–Crippen LogP) is 0.620. The molecule has 1 amide bonds. The minimum absolute atomic E-state index is 0.113. The Kier molecular flexibility index (Phi) is 11.3. The number of nitrogens with zero attached hydrogens (tertiary/aromatic N) is 6. The Morgan fingerprint density at radius 3 is 1.91 bits per heavy atom. The number of Topliss-reactive ketones (excluding diaryl/α,β-unsaturated/α-hetero) is 1. The number of hydrogen-bond donors (Lipinski definition) is 3. The predicted molar refractivity (Wildman–Crippen MR) is 158 cm³/mol. The molecule has 2 unspecified atom stereocenters. The molecule has 3 aliphatic rings. The van der Waals surface area contributed by atoms with Crippen LogP contribution in [0.4, 0.5) is 0 Å². The van der Waals surface area contributed by atoms with Gasteiger partial charge in [0.2, 0.25) is 5.91 Å². The average Bonchev–Trinajstić information content (AvgIpc) is 3.36. The monoisotopic (exact) mass is 603 g/mol. The normalized spacial score (nSPS) is 23.9. The van der Waals surface area contributed by atoms with Gasteiger partial charge < -0.3 is 15.5 Å². The summed E-state index contributed by atoms with van der Waals surface area (Å²) in [6, 6.07) is 0. The minimum Gasteiger partial charge on any atom is -0.480 e. The van der Waals surface area contributed by atoms with E-state index in [0.717, 1.165) is 37.8 Å². The van der Waals surface area contributed by atoms with E-state index in [-0.39, 0.29) is 31.0 Å². The topological polar surface area (TPSA) is 161 Å². The van der Waals surface area contributed by atoms with E-state index in [1.54, 1.807) is 9.80 Å². The molecule has 3 atom stereocenters. The molecule has 2 heterocycles. The third-order valence-corrected chi connectivity index (χ3v) is 9.26. The first kappa shape index (κ1) is 33.0. The van der Waals surface area contributed by atoms with Gasteiger partial charge in [-0.1, -0.05) is 26.0 Å². The highest BCUT2D eigenvalue weighted by Crippen LogP contribution is 2.55. The van der Waals surface area contributed by atoms with Crippen molar-refractivity contribution in [1.82, 2.24) is 35.0 Å². The molecule has 13 heteroatoms. The number of carboxylic acid groups (broad SMARTS) is 2. The molecule has 43 heavy (non-hydrogen) atoms. The third-order valence-electron chi connectivity index (χ3n) is 9.26. The summed E-state index contributed by atoms with van der Waals surface area (Å²) in [5, 5.41) is 30.3. The van der Waals surface area contributed by atoms with E-state index in [9.17, 15) is 29.4 Å². The van der Waals surface area contributed by atoms with E-state index < -0.39 is 11.9 Å². The van der Waals surface area contributed by atoms with Crippen LogP contribution in [-0.2, 0) is 38.6 Å². The zero-order chi connectivity index (χ0) is 31.1. The van der Waals surface area contributed by atoms with Crippen molar-refractivity contribution in [3.8, 4) is 0 Å². The van der Waals surface area contributed by atoms with Gasteiger partial charge in [0.15, 0.2) is 0 Å². The van der Waals surface area contributed by atoms with Crippen LogP contribution in [-0.4, -0.2) is 129 Å². The van der Waals surface area contributed by atoms with Crippen molar-refractivity contribution in [2.45, 2.75) is 65.8 Å². The van der Waals surface area contributed by atoms with Crippen molar-refractivity contribution < 1.29 is 29.4 Å². The Labute approximate surface area is 253 Å². The van der Waals surface area contributed by atoms with Crippen LogP contribution in [0.5, 0.6) is 0 Å². The van der Waals surface area contributed by atoms with Crippen molar-refractivity contribution in [3.05, 3.63) is 11.4 Å². The van der Waals surface area contributed by atoms with Gasteiger partial charge in [-0.2, -0.15) is 0 Å². The summed E-state index contributed by atoms with van der Waals surface area (Å²) in [6.45, 7) is 10.1. The van der Waals surface area contributed by atoms with Crippen LogP contribution in [0.1, 0.15) is 57.8 Å². The van der Waals surface area contributed by atoms with E-state index in [0.29, 0.717) is 82.3 Å². The molecule has 1 saturated carbocycles. The number of aromatic nitrogens is 3. The summed E-state index contributed by atoms with van der Waals surface area (Å²) in [6.07, 6.45) is 5.35. The Bertz CT molecular complexity index is 1120. The molecule has 1 saturated heterocycles. The molecule has 2 fully saturated rings. The molecule has 0 spiro atoms. The highest BCUT2D eigenvalue weighted by atomic mass is 16.4. The van der Waals surface area contributed by atoms with Gasteiger partial charge in [-0.15, -0.1) is 5.10 Å². The minimum atomic E-state index is -0.929. The Morgan fingerprint density at radius 1 is 0.837 bits per heavy atom. The fourth-order valence-corrected chi connectivity index (χ4v) is 6.58. The lowest BCUT2D eigenvalue weighted by molar-refractivity contribution is -0.140. The van der Waals surface area contributed by atoms with Gasteiger partial charge in [-0.3, -0.25) is 33.9 Å². The fraction of sp³-hybridized carbons (Fsp3) is 0.800. The first-order valence-electron chi connectivity index (χ1n) is 15.7. The van der Waals surface area contributed by atoms with E-state index in [1.807, 2.05) is 30.4 Å². The maximum atomic E-state index is 12.8. The van der Waals surface area contributed by atoms with Crippen molar-refractivity contribution in [2.24, 2.45) is 23.2 Å². The second kappa shape index (κ2) is 14.7. The van der Waals surface area contributed by atoms with Crippen LogP contribution in [0.25, 0.3) is 0 Å². The quantitative estimate of drug-likeness (QED) is 0.287. The number of amides is 1. The van der Waals surface area contributed by atoms with Crippen molar-refractivity contribution in [3.63, 3.8) is 0 Å². The van der Waals surface area contributed by atoms with E-state index in [2.05, 4.69) is 15.6 Å². The molecular weight excluding hydrogens is 554 g/mol. The Balaban J connectivity index is 1.21. The molecular formula is C30H49N7O6. The SMILES string of the molecule is CC(C)(C)C(=O)C[C@H]1C2CCc3nnn(CCCNC(=O)CN4CCN(CC(=O)O)CCN(CC(=O)O)CC4)c3CCC21. The number of rotatable bonds is 12. The number of aliphatic carboxylic acids is 2. The number of hydrogen-bond acceptors (Lipinski definition) is 9. The van der Waals surface area contributed by atoms with E-state index >= 15 is 0 Å². The number of aryl methyl sites for hydroxylation is 2. The van der Waals surface area contributed by atoms with Crippen LogP contribution in [0.3, 0.4) is 0 Å². The maximum Gasteiger partial charge on any atom is 0.317 e. The number of carbonyl (C=O) groups is 4. The molecule has 2 aliphatic carbocycles. The molecule has 0 radical (unpaired) electrons. The van der Waals surface area contributed by atoms with Gasteiger partial charge in [0, 0.05) is 64.2 Å². The van der Waals surface area contributed by atoms with Crippen molar-refractivity contribution in [1.29, 1.82) is 0 Å². The van der Waals surface area contributed by atoms with Gasteiger partial charge in [0.25, 0.3) is 0 Å². The van der Waals surface area contributed by atoms with E-state index in [4.69, 9.17) is 0 Å². The summed E-state index contributed by atoms with van der Waals surface area (Å²) in [5.74, 6) is 0.128. The van der Waals surface area contributed by atoms with E-state index in [1.165, 1.54) is 5.69 Å². The van der Waals surface area contributed by atoms with Gasteiger partial charge in [-0.05, 0) is 49.9 Å². The molecule has 13 nitrogen and oxygen atoms in total. The number of ketones is 1. The molecule has 240 valence electrons. The largest absolute Gasteiger partial charge is 0.480 e. The lowest BCUT2D eigenvalue weighted by Crippen LogP contribution is -2.43. The zero-order valence-corrected chi connectivity index (χ0v) is 26.0. The second-order valence-corrected chi connectivity index (χ2v) is 13.5. The van der Waals surface area contributed by atoms with Crippen molar-refractivity contribution >= 4 is 23.6 Å². The van der Waals surface area contributed by atoms with Crippen LogP contribution < -0.4 is 5.32 Å². The first-order valence-corrected chi connectivity index (χ1v) is 15.7. The molecule has 0 aromatic carbocycles.